The molecule has 0 saturated carbocycles. The van der Waals surface area contributed by atoms with Crippen molar-refractivity contribution in [3.63, 3.8) is 0 Å². The zero-order valence-electron chi connectivity index (χ0n) is 12.1. The predicted octanol–water partition coefficient (Wildman–Crippen LogP) is 3.35. The maximum atomic E-state index is 11.0. The Balaban J connectivity index is 2.25. The minimum Gasteiger partial charge on any atom is -0.508 e. The molecule has 0 heterocycles. The number of aliphatic hydroxyl groups excluding tert-OH is 1. The smallest absolute Gasteiger partial charge is 0.115 e. The minimum atomic E-state index is -0.503. The van der Waals surface area contributed by atoms with E-state index in [0.29, 0.717) is 0 Å². The molecule has 2 nitrogen and oxygen atoms in total. The maximum absolute atomic E-state index is 11.0. The van der Waals surface area contributed by atoms with Gasteiger partial charge in [0.25, 0.3) is 0 Å². The zero-order valence-corrected chi connectivity index (χ0v) is 12.1. The van der Waals surface area contributed by atoms with E-state index in [0.717, 1.165) is 5.56 Å². The Morgan fingerprint density at radius 2 is 1.40 bits per heavy atom. The van der Waals surface area contributed by atoms with Gasteiger partial charge in [-0.25, -0.2) is 0 Å². The topological polar surface area (TPSA) is 40.5 Å². The van der Waals surface area contributed by atoms with Crippen LogP contribution in [0.15, 0.2) is 48.5 Å². The average molecular weight is 268 g/mol. The molecule has 2 N–H and O–H groups in total. The molecular formula is C18H20O2. The summed E-state index contributed by atoms with van der Waals surface area (Å²) in [6.07, 6.45) is -0.503. The SMILES string of the molecule is CC1(C)c2ccccc2C(C)(c2ccc(O)cc2)[C@H]1O. The lowest BCUT2D eigenvalue weighted by molar-refractivity contribution is 0.0653. The monoisotopic (exact) mass is 268 g/mol. The van der Waals surface area contributed by atoms with Gasteiger partial charge >= 0.3 is 0 Å². The number of aromatic hydroxyl groups is 1. The van der Waals surface area contributed by atoms with Crippen molar-refractivity contribution in [2.45, 2.75) is 37.7 Å². The van der Waals surface area contributed by atoms with Crippen molar-refractivity contribution in [1.29, 1.82) is 0 Å². The van der Waals surface area contributed by atoms with E-state index >= 15 is 0 Å². The molecule has 0 bridgehead atoms. The first-order chi connectivity index (χ1) is 9.38. The van der Waals surface area contributed by atoms with Gasteiger partial charge in [-0.2, -0.15) is 0 Å². The van der Waals surface area contributed by atoms with Crippen LogP contribution >= 0.6 is 0 Å². The van der Waals surface area contributed by atoms with Crippen LogP contribution in [-0.4, -0.2) is 16.3 Å². The molecular weight excluding hydrogens is 248 g/mol. The van der Waals surface area contributed by atoms with Gasteiger partial charge in [0.05, 0.1) is 6.10 Å². The van der Waals surface area contributed by atoms with E-state index in [9.17, 15) is 10.2 Å². The largest absolute Gasteiger partial charge is 0.508 e. The number of phenolic OH excluding ortho intramolecular Hbond substituents is 1. The number of fused-ring (bicyclic) bond motifs is 1. The Morgan fingerprint density at radius 3 is 2.00 bits per heavy atom. The van der Waals surface area contributed by atoms with Crippen LogP contribution in [0.3, 0.4) is 0 Å². The molecule has 1 aliphatic rings. The second-order valence-corrected chi connectivity index (χ2v) is 6.42. The zero-order chi connectivity index (χ0) is 14.5. The lowest BCUT2D eigenvalue weighted by Crippen LogP contribution is -2.41. The average Bonchev–Trinajstić information content (AvgIpc) is 2.60. The first-order valence-corrected chi connectivity index (χ1v) is 6.96. The van der Waals surface area contributed by atoms with Gasteiger partial charge in [-0.15, -0.1) is 0 Å². The van der Waals surface area contributed by atoms with Crippen LogP contribution < -0.4 is 0 Å². The van der Waals surface area contributed by atoms with Crippen LogP contribution in [0.25, 0.3) is 0 Å². The van der Waals surface area contributed by atoms with E-state index in [-0.39, 0.29) is 11.2 Å². The summed E-state index contributed by atoms with van der Waals surface area (Å²) in [4.78, 5) is 0. The molecule has 0 saturated heterocycles. The van der Waals surface area contributed by atoms with E-state index in [1.807, 2.05) is 24.3 Å². The summed E-state index contributed by atoms with van der Waals surface area (Å²) in [6.45, 7) is 6.25. The lowest BCUT2D eigenvalue weighted by atomic mass is 9.72. The molecule has 2 aromatic carbocycles. The highest BCUT2D eigenvalue weighted by Gasteiger charge is 2.53. The maximum Gasteiger partial charge on any atom is 0.115 e. The van der Waals surface area contributed by atoms with Crippen LogP contribution in [-0.2, 0) is 10.8 Å². The van der Waals surface area contributed by atoms with Crippen molar-refractivity contribution < 1.29 is 10.2 Å². The van der Waals surface area contributed by atoms with Crippen LogP contribution in [0.1, 0.15) is 37.5 Å². The summed E-state index contributed by atoms with van der Waals surface area (Å²) in [5.74, 6) is 0.248. The summed E-state index contributed by atoms with van der Waals surface area (Å²) in [5.41, 5.74) is 2.66. The standard InChI is InChI=1S/C18H20O2/c1-17(2)14-6-4-5-7-15(14)18(3,16(17)20)12-8-10-13(19)11-9-12/h4-11,16,19-20H,1-3H3/t16-,18?/m0/s1. The number of hydrogen-bond donors (Lipinski definition) is 2. The van der Waals surface area contributed by atoms with Gasteiger partial charge in [-0.05, 0) is 35.7 Å². The summed E-state index contributed by atoms with van der Waals surface area (Å²) in [5, 5.41) is 20.4. The molecule has 2 heteroatoms. The molecule has 104 valence electrons. The number of rotatable bonds is 1. The van der Waals surface area contributed by atoms with E-state index in [4.69, 9.17) is 0 Å². The van der Waals surface area contributed by atoms with E-state index in [2.05, 4.69) is 32.9 Å². The highest BCUT2D eigenvalue weighted by atomic mass is 16.3. The van der Waals surface area contributed by atoms with E-state index < -0.39 is 11.5 Å². The molecule has 0 aliphatic heterocycles. The lowest BCUT2D eigenvalue weighted by Gasteiger charge is -2.35. The van der Waals surface area contributed by atoms with Crippen LogP contribution in [0.4, 0.5) is 0 Å². The Kier molecular flexibility index (Phi) is 2.70. The molecule has 3 rings (SSSR count). The quantitative estimate of drug-likeness (QED) is 0.832. The fraction of sp³-hybridized carbons (Fsp3) is 0.333. The van der Waals surface area contributed by atoms with Crippen LogP contribution in [0.2, 0.25) is 0 Å². The van der Waals surface area contributed by atoms with Gasteiger partial charge in [0.2, 0.25) is 0 Å². The summed E-state index contributed by atoms with van der Waals surface area (Å²) >= 11 is 0. The summed E-state index contributed by atoms with van der Waals surface area (Å²) in [6, 6.07) is 15.4. The molecule has 0 amide bonds. The Labute approximate surface area is 119 Å². The van der Waals surface area contributed by atoms with Crippen LogP contribution in [0, 0.1) is 0 Å². The van der Waals surface area contributed by atoms with Gasteiger partial charge in [-0.1, -0.05) is 50.2 Å². The molecule has 1 unspecified atom stereocenters. The Morgan fingerprint density at radius 1 is 0.850 bits per heavy atom. The third-order valence-electron chi connectivity index (χ3n) is 4.88. The van der Waals surface area contributed by atoms with E-state index in [1.54, 1.807) is 12.1 Å². The number of hydrogen-bond acceptors (Lipinski definition) is 2. The third kappa shape index (κ3) is 1.55. The van der Waals surface area contributed by atoms with Crippen molar-refractivity contribution >= 4 is 0 Å². The third-order valence-corrected chi connectivity index (χ3v) is 4.88. The molecule has 0 radical (unpaired) electrons. The van der Waals surface area contributed by atoms with Gasteiger partial charge in [0.1, 0.15) is 5.75 Å². The van der Waals surface area contributed by atoms with Gasteiger partial charge in [-0.3, -0.25) is 0 Å². The molecule has 0 aromatic heterocycles. The fourth-order valence-electron chi connectivity index (χ4n) is 3.64. The second-order valence-electron chi connectivity index (χ2n) is 6.42. The van der Waals surface area contributed by atoms with Gasteiger partial charge in [0.15, 0.2) is 0 Å². The van der Waals surface area contributed by atoms with Crippen molar-refractivity contribution in [1.82, 2.24) is 0 Å². The van der Waals surface area contributed by atoms with Crippen molar-refractivity contribution in [3.05, 3.63) is 65.2 Å². The number of benzene rings is 2. The molecule has 20 heavy (non-hydrogen) atoms. The molecule has 0 fully saturated rings. The highest BCUT2D eigenvalue weighted by Crippen LogP contribution is 2.52. The fourth-order valence-corrected chi connectivity index (χ4v) is 3.64. The van der Waals surface area contributed by atoms with Crippen molar-refractivity contribution in [2.75, 3.05) is 0 Å². The normalized spacial score (nSPS) is 27.3. The van der Waals surface area contributed by atoms with Gasteiger partial charge in [0, 0.05) is 10.8 Å². The summed E-state index contributed by atoms with van der Waals surface area (Å²) < 4.78 is 0. The minimum absolute atomic E-state index is 0.248. The number of aliphatic hydroxyl groups is 1. The molecule has 0 spiro atoms. The number of phenols is 1. The molecule has 2 atom stereocenters. The van der Waals surface area contributed by atoms with E-state index in [1.165, 1.54) is 11.1 Å². The predicted molar refractivity (Wildman–Crippen MR) is 80.0 cm³/mol. The van der Waals surface area contributed by atoms with Gasteiger partial charge < -0.3 is 10.2 Å². The summed E-state index contributed by atoms with van der Waals surface area (Å²) in [7, 11) is 0. The molecule has 1 aliphatic carbocycles. The highest BCUT2D eigenvalue weighted by molar-refractivity contribution is 5.54. The second kappa shape index (κ2) is 4.10. The first kappa shape index (κ1) is 13.2. The van der Waals surface area contributed by atoms with Crippen LogP contribution in [0.5, 0.6) is 5.75 Å². The molecule has 2 aromatic rings. The Hall–Kier alpha value is -1.80. The van der Waals surface area contributed by atoms with Crippen molar-refractivity contribution in [2.24, 2.45) is 0 Å². The first-order valence-electron chi connectivity index (χ1n) is 6.96. The van der Waals surface area contributed by atoms with Crippen molar-refractivity contribution in [3.8, 4) is 5.75 Å². The Bertz CT molecular complexity index is 643.